The molecule has 0 atom stereocenters. The summed E-state index contributed by atoms with van der Waals surface area (Å²) in [6.45, 7) is 3.66. The van der Waals surface area contributed by atoms with Crippen LogP contribution in [-0.2, 0) is 17.8 Å². The fraction of sp³-hybridized carbons (Fsp3) is 0.750. The van der Waals surface area contributed by atoms with Gasteiger partial charge in [0.15, 0.2) is 0 Å². The molecule has 1 aromatic heterocycles. The minimum Gasteiger partial charge on any atom is -0.383 e. The Balaban J connectivity index is 1.87. The molecule has 0 bridgehead atoms. The minimum absolute atomic E-state index is 0.764. The number of nitrogens with zero attached hydrogens (tertiary/aromatic N) is 2. The molecule has 17 heavy (non-hydrogen) atoms. The van der Waals surface area contributed by atoms with Crippen LogP contribution < -0.4 is 5.32 Å². The van der Waals surface area contributed by atoms with Crippen LogP contribution in [0.25, 0.3) is 0 Å². The molecule has 5 heteroatoms. The fourth-order valence-electron chi connectivity index (χ4n) is 1.90. The Bertz CT molecular complexity index is 338. The van der Waals surface area contributed by atoms with Gasteiger partial charge in [-0.05, 0) is 19.9 Å². The van der Waals surface area contributed by atoms with E-state index in [1.54, 1.807) is 18.4 Å². The number of ether oxygens (including phenoxy) is 1. The van der Waals surface area contributed by atoms with E-state index in [4.69, 9.17) is 4.74 Å². The highest BCUT2D eigenvalue weighted by Gasteiger charge is 2.28. The summed E-state index contributed by atoms with van der Waals surface area (Å²) in [5.41, 5.74) is 1.20. The number of rotatable bonds is 8. The van der Waals surface area contributed by atoms with Crippen molar-refractivity contribution in [1.82, 2.24) is 15.2 Å². The number of aromatic nitrogens is 1. The second-order valence-electron chi connectivity index (χ2n) is 4.46. The molecule has 1 aromatic rings. The highest BCUT2D eigenvalue weighted by molar-refractivity contribution is 7.09. The maximum Gasteiger partial charge on any atom is 0.107 e. The molecule has 1 aliphatic rings. The van der Waals surface area contributed by atoms with Gasteiger partial charge in [0.25, 0.3) is 0 Å². The van der Waals surface area contributed by atoms with E-state index in [0.717, 1.165) is 32.3 Å². The summed E-state index contributed by atoms with van der Waals surface area (Å²) < 4.78 is 5.16. The quantitative estimate of drug-likeness (QED) is 0.763. The Kier molecular flexibility index (Phi) is 4.91. The lowest BCUT2D eigenvalue weighted by Gasteiger charge is -2.20. The van der Waals surface area contributed by atoms with Crippen molar-refractivity contribution in [2.75, 3.05) is 27.3 Å². The van der Waals surface area contributed by atoms with Crippen LogP contribution in [0.15, 0.2) is 5.38 Å². The van der Waals surface area contributed by atoms with E-state index in [-0.39, 0.29) is 0 Å². The number of hydrogen-bond acceptors (Lipinski definition) is 5. The van der Waals surface area contributed by atoms with Crippen molar-refractivity contribution in [1.29, 1.82) is 0 Å². The van der Waals surface area contributed by atoms with Crippen LogP contribution in [0.5, 0.6) is 0 Å². The second kappa shape index (κ2) is 6.44. The first-order valence-electron chi connectivity index (χ1n) is 6.14. The zero-order chi connectivity index (χ0) is 12.1. The van der Waals surface area contributed by atoms with E-state index in [1.807, 2.05) is 7.05 Å². The molecule has 0 unspecified atom stereocenters. The van der Waals surface area contributed by atoms with Gasteiger partial charge in [-0.15, -0.1) is 11.3 Å². The van der Waals surface area contributed by atoms with E-state index >= 15 is 0 Å². The van der Waals surface area contributed by atoms with Crippen molar-refractivity contribution in [3.8, 4) is 0 Å². The van der Waals surface area contributed by atoms with Gasteiger partial charge in [-0.3, -0.25) is 4.90 Å². The summed E-state index contributed by atoms with van der Waals surface area (Å²) in [5.74, 6) is 0. The first kappa shape index (κ1) is 13.0. The van der Waals surface area contributed by atoms with Crippen molar-refractivity contribution in [3.05, 3.63) is 16.1 Å². The fourth-order valence-corrected chi connectivity index (χ4v) is 2.70. The third-order valence-electron chi connectivity index (χ3n) is 2.94. The number of methoxy groups -OCH3 is 1. The highest BCUT2D eigenvalue weighted by atomic mass is 32.1. The summed E-state index contributed by atoms with van der Waals surface area (Å²) in [6.07, 6.45) is 2.66. The molecule has 1 fully saturated rings. The van der Waals surface area contributed by atoms with E-state index in [2.05, 4.69) is 20.6 Å². The molecule has 0 aliphatic heterocycles. The molecule has 1 N–H and O–H groups in total. The maximum atomic E-state index is 5.16. The van der Waals surface area contributed by atoms with Crippen LogP contribution >= 0.6 is 11.3 Å². The van der Waals surface area contributed by atoms with Crippen molar-refractivity contribution in [3.63, 3.8) is 0 Å². The Morgan fingerprint density at radius 1 is 1.59 bits per heavy atom. The lowest BCUT2D eigenvalue weighted by Crippen LogP contribution is -2.29. The zero-order valence-corrected chi connectivity index (χ0v) is 11.4. The molecule has 0 spiro atoms. The molecular formula is C12H21N3OS. The van der Waals surface area contributed by atoms with Gasteiger partial charge in [0.05, 0.1) is 12.3 Å². The van der Waals surface area contributed by atoms with Crippen LogP contribution in [-0.4, -0.2) is 43.2 Å². The Morgan fingerprint density at radius 3 is 3.06 bits per heavy atom. The molecule has 4 nitrogen and oxygen atoms in total. The summed E-state index contributed by atoms with van der Waals surface area (Å²) >= 11 is 1.74. The molecule has 0 aromatic carbocycles. The van der Waals surface area contributed by atoms with Crippen LogP contribution in [0.4, 0.5) is 0 Å². The van der Waals surface area contributed by atoms with Gasteiger partial charge in [0.2, 0.25) is 0 Å². The highest BCUT2D eigenvalue weighted by Crippen LogP contribution is 2.28. The van der Waals surface area contributed by atoms with Crippen LogP contribution in [0.1, 0.15) is 23.5 Å². The normalized spacial score (nSPS) is 15.7. The van der Waals surface area contributed by atoms with Gasteiger partial charge in [-0.25, -0.2) is 4.98 Å². The van der Waals surface area contributed by atoms with E-state index < -0.39 is 0 Å². The Morgan fingerprint density at radius 2 is 2.41 bits per heavy atom. The first-order chi connectivity index (χ1) is 8.33. The molecule has 0 saturated heterocycles. The smallest absolute Gasteiger partial charge is 0.107 e. The van der Waals surface area contributed by atoms with Crippen molar-refractivity contribution in [2.45, 2.75) is 32.0 Å². The summed E-state index contributed by atoms with van der Waals surface area (Å²) in [6, 6.07) is 0.764. The molecule has 1 heterocycles. The number of nitrogens with one attached hydrogen (secondary N) is 1. The Hall–Kier alpha value is -0.490. The minimum atomic E-state index is 0.764. The molecule has 1 aliphatic carbocycles. The lowest BCUT2D eigenvalue weighted by atomic mass is 10.4. The van der Waals surface area contributed by atoms with Crippen molar-refractivity contribution >= 4 is 11.3 Å². The third-order valence-corrected chi connectivity index (χ3v) is 3.84. The molecule has 2 rings (SSSR count). The average Bonchev–Trinajstić information content (AvgIpc) is 3.08. The zero-order valence-electron chi connectivity index (χ0n) is 10.6. The van der Waals surface area contributed by atoms with E-state index in [9.17, 15) is 0 Å². The largest absolute Gasteiger partial charge is 0.383 e. The van der Waals surface area contributed by atoms with Gasteiger partial charge < -0.3 is 10.1 Å². The molecule has 96 valence electrons. The van der Waals surface area contributed by atoms with Crippen LogP contribution in [0.3, 0.4) is 0 Å². The SMILES string of the molecule is CNCc1nc(CN(CCOC)C2CC2)cs1. The predicted molar refractivity (Wildman–Crippen MR) is 70.2 cm³/mol. The van der Waals surface area contributed by atoms with Crippen molar-refractivity contribution < 1.29 is 4.74 Å². The Labute approximate surface area is 107 Å². The van der Waals surface area contributed by atoms with Gasteiger partial charge in [-0.1, -0.05) is 0 Å². The maximum absolute atomic E-state index is 5.16. The van der Waals surface area contributed by atoms with E-state index in [0.29, 0.717) is 0 Å². The topological polar surface area (TPSA) is 37.4 Å². The molecule has 1 saturated carbocycles. The van der Waals surface area contributed by atoms with Gasteiger partial charge in [0, 0.05) is 38.2 Å². The van der Waals surface area contributed by atoms with Crippen LogP contribution in [0.2, 0.25) is 0 Å². The summed E-state index contributed by atoms with van der Waals surface area (Å²) in [7, 11) is 3.72. The number of hydrogen-bond donors (Lipinski definition) is 1. The predicted octanol–water partition coefficient (Wildman–Crippen LogP) is 1.47. The lowest BCUT2D eigenvalue weighted by molar-refractivity contribution is 0.139. The average molecular weight is 255 g/mol. The molecule has 0 radical (unpaired) electrons. The summed E-state index contributed by atoms with van der Waals surface area (Å²) in [4.78, 5) is 7.12. The van der Waals surface area contributed by atoms with Gasteiger partial charge in [0.1, 0.15) is 5.01 Å². The monoisotopic (exact) mass is 255 g/mol. The summed E-state index contributed by atoms with van der Waals surface area (Å²) in [5, 5.41) is 6.48. The molecule has 0 amide bonds. The van der Waals surface area contributed by atoms with Crippen LogP contribution in [0, 0.1) is 0 Å². The van der Waals surface area contributed by atoms with E-state index in [1.165, 1.54) is 23.5 Å². The van der Waals surface area contributed by atoms with Gasteiger partial charge >= 0.3 is 0 Å². The van der Waals surface area contributed by atoms with Crippen molar-refractivity contribution in [2.24, 2.45) is 0 Å². The standard InChI is InChI=1S/C12H21N3OS/c1-13-7-12-14-10(9-17-12)8-15(5-6-16-2)11-3-4-11/h9,11,13H,3-8H2,1-2H3. The number of thiazole rings is 1. The molecular weight excluding hydrogens is 234 g/mol. The third kappa shape index (κ3) is 4.03. The first-order valence-corrected chi connectivity index (χ1v) is 7.02. The van der Waals surface area contributed by atoms with Gasteiger partial charge in [-0.2, -0.15) is 0 Å². The second-order valence-corrected chi connectivity index (χ2v) is 5.40.